The molecule has 17 heteroatoms. The SMILES string of the molecule is CCNC(=O)CCCCCCCCCCCCCCOc1ccc(C(=O)O)cc1.CCOCCOCC(=O)CCCOCCOCC(=O)N[C@H](CCCCNC(=O)CBr)C(=O)O. The molecule has 0 unspecified atom stereocenters. The largest absolute Gasteiger partial charge is 0.494 e. The molecule has 0 aliphatic heterocycles. The molecule has 3 amide bonds. The number of carbonyl (C=O) groups excluding carboxylic acids is 4. The van der Waals surface area contributed by atoms with Gasteiger partial charge in [0.2, 0.25) is 17.7 Å². The maximum Gasteiger partial charge on any atom is 0.335 e. The van der Waals surface area contributed by atoms with Crippen LogP contribution < -0.4 is 20.7 Å². The number of ketones is 1. The van der Waals surface area contributed by atoms with Crippen LogP contribution in [0.3, 0.4) is 0 Å². The van der Waals surface area contributed by atoms with E-state index < -0.39 is 23.9 Å². The highest BCUT2D eigenvalue weighted by Crippen LogP contribution is 2.15. The summed E-state index contributed by atoms with van der Waals surface area (Å²) in [5, 5.41) is 26.2. The summed E-state index contributed by atoms with van der Waals surface area (Å²) < 4.78 is 26.5. The fourth-order valence-electron chi connectivity index (χ4n) is 5.84. The van der Waals surface area contributed by atoms with Crippen LogP contribution in [0.15, 0.2) is 24.3 Å². The van der Waals surface area contributed by atoms with Crippen molar-refractivity contribution in [1.82, 2.24) is 16.0 Å². The number of rotatable bonds is 41. The van der Waals surface area contributed by atoms with E-state index in [4.69, 9.17) is 28.8 Å². The van der Waals surface area contributed by atoms with Crippen LogP contribution in [0, 0.1) is 0 Å². The van der Waals surface area contributed by atoms with Gasteiger partial charge in [-0.25, -0.2) is 9.59 Å². The number of aliphatic carboxylic acids is 1. The quantitative estimate of drug-likeness (QED) is 0.0343. The summed E-state index contributed by atoms with van der Waals surface area (Å²) >= 11 is 3.04. The molecule has 0 spiro atoms. The number of halogens is 1. The van der Waals surface area contributed by atoms with Gasteiger partial charge >= 0.3 is 11.9 Å². The van der Waals surface area contributed by atoms with Crippen LogP contribution in [0.2, 0.25) is 0 Å². The van der Waals surface area contributed by atoms with Crippen molar-refractivity contribution in [3.05, 3.63) is 29.8 Å². The Bertz CT molecular complexity index is 1320. The van der Waals surface area contributed by atoms with Crippen LogP contribution >= 0.6 is 15.9 Å². The van der Waals surface area contributed by atoms with E-state index in [-0.39, 0.29) is 61.3 Å². The molecule has 0 aromatic heterocycles. The van der Waals surface area contributed by atoms with Gasteiger partial charge in [0, 0.05) is 39.1 Å². The Morgan fingerprint density at radius 3 is 1.74 bits per heavy atom. The molecule has 0 heterocycles. The van der Waals surface area contributed by atoms with Crippen LogP contribution in [0.1, 0.15) is 140 Å². The highest BCUT2D eigenvalue weighted by molar-refractivity contribution is 9.09. The molecule has 0 fully saturated rings. The number of alkyl halides is 1. The predicted octanol–water partition coefficient (Wildman–Crippen LogP) is 6.64. The first-order chi connectivity index (χ1) is 30.0. The Labute approximate surface area is 377 Å². The van der Waals surface area contributed by atoms with Crippen molar-refractivity contribution in [1.29, 1.82) is 0 Å². The number of Topliss-reactive ketones (excluding diaryl/α,β-unsaturated/α-hetero) is 1. The Morgan fingerprint density at radius 1 is 0.581 bits per heavy atom. The summed E-state index contributed by atoms with van der Waals surface area (Å²) in [4.78, 5) is 68.0. The number of unbranched alkanes of at least 4 members (excludes halogenated alkanes) is 12. The summed E-state index contributed by atoms with van der Waals surface area (Å²) in [6, 6.07) is 5.57. The molecular formula is C45H76BrN3O13. The number of carboxylic acids is 2. The van der Waals surface area contributed by atoms with Gasteiger partial charge in [0.05, 0.1) is 43.9 Å². The van der Waals surface area contributed by atoms with Crippen LogP contribution in [0.4, 0.5) is 0 Å². The van der Waals surface area contributed by atoms with Crippen LogP contribution in [-0.4, -0.2) is 130 Å². The van der Waals surface area contributed by atoms with Crippen molar-refractivity contribution in [3.63, 3.8) is 0 Å². The molecule has 356 valence electrons. The number of ether oxygens (including phenoxy) is 5. The lowest BCUT2D eigenvalue weighted by Crippen LogP contribution is -2.42. The van der Waals surface area contributed by atoms with Gasteiger partial charge < -0.3 is 49.8 Å². The van der Waals surface area contributed by atoms with E-state index in [1.165, 1.54) is 64.2 Å². The topological polar surface area (TPSA) is 225 Å². The minimum atomic E-state index is -1.12. The Balaban J connectivity index is 0.00000121. The van der Waals surface area contributed by atoms with Crippen LogP contribution in [0.5, 0.6) is 5.75 Å². The zero-order chi connectivity index (χ0) is 45.9. The zero-order valence-electron chi connectivity index (χ0n) is 37.4. The monoisotopic (exact) mass is 945 g/mol. The molecule has 5 N–H and O–H groups in total. The van der Waals surface area contributed by atoms with E-state index in [0.717, 1.165) is 25.1 Å². The van der Waals surface area contributed by atoms with Crippen molar-refractivity contribution in [2.45, 2.75) is 135 Å². The molecule has 1 aromatic rings. The maximum atomic E-state index is 11.9. The number of amides is 3. The summed E-state index contributed by atoms with van der Waals surface area (Å²) in [6.45, 7) is 7.81. The Hall–Kier alpha value is -3.64. The van der Waals surface area contributed by atoms with E-state index in [9.17, 15) is 33.9 Å². The normalized spacial score (nSPS) is 11.2. The summed E-state index contributed by atoms with van der Waals surface area (Å²) in [6.07, 6.45) is 17.8. The number of carbonyl (C=O) groups is 6. The molecule has 1 rings (SSSR count). The zero-order valence-corrected chi connectivity index (χ0v) is 38.9. The molecule has 1 aromatic carbocycles. The summed E-state index contributed by atoms with van der Waals surface area (Å²) in [5.74, 6) is -1.76. The third-order valence-corrected chi connectivity index (χ3v) is 9.74. The molecule has 0 aliphatic carbocycles. The van der Waals surface area contributed by atoms with Crippen LogP contribution in [-0.2, 0) is 42.9 Å². The number of aromatic carboxylic acids is 1. The van der Waals surface area contributed by atoms with Gasteiger partial charge in [-0.05, 0) is 76.6 Å². The van der Waals surface area contributed by atoms with Gasteiger partial charge in [0.25, 0.3) is 0 Å². The van der Waals surface area contributed by atoms with E-state index in [2.05, 4.69) is 31.9 Å². The standard InChI is InChI=1S/C24H39NO4.C21H37BrN2O9/c1-2-25-23(26)15-13-11-9-7-5-3-4-6-8-10-12-14-20-29-22-18-16-21(17-19-22)24(27)28;1-2-30-10-12-32-15-17(25)6-5-9-31-11-13-33-16-20(27)24-18(21(28)29)7-3-4-8-23-19(26)14-22/h16-19H,2-15,20H2,1H3,(H,25,26)(H,27,28);18H,2-16H2,1H3,(H,23,26)(H,24,27)(H,28,29)/t;18-/m.1/s1. The molecule has 1 atom stereocenters. The molecule has 62 heavy (non-hydrogen) atoms. The molecule has 16 nitrogen and oxygen atoms in total. The first-order valence-corrected chi connectivity index (χ1v) is 23.6. The first-order valence-electron chi connectivity index (χ1n) is 22.4. The minimum Gasteiger partial charge on any atom is -0.494 e. The van der Waals surface area contributed by atoms with Gasteiger partial charge in [-0.1, -0.05) is 80.1 Å². The number of hydrogen-bond acceptors (Lipinski definition) is 11. The van der Waals surface area contributed by atoms with Crippen molar-refractivity contribution >= 4 is 51.4 Å². The Morgan fingerprint density at radius 2 is 1.16 bits per heavy atom. The van der Waals surface area contributed by atoms with Gasteiger partial charge in [-0.15, -0.1) is 0 Å². The molecule has 0 bridgehead atoms. The summed E-state index contributed by atoms with van der Waals surface area (Å²) in [5.41, 5.74) is 0.286. The van der Waals surface area contributed by atoms with Gasteiger partial charge in [0.15, 0.2) is 5.78 Å². The molecule has 0 radical (unpaired) electrons. The van der Waals surface area contributed by atoms with E-state index in [1.54, 1.807) is 24.3 Å². The highest BCUT2D eigenvalue weighted by atomic mass is 79.9. The lowest BCUT2D eigenvalue weighted by atomic mass is 10.0. The van der Waals surface area contributed by atoms with Gasteiger partial charge in [-0.2, -0.15) is 0 Å². The minimum absolute atomic E-state index is 0.000287. The predicted molar refractivity (Wildman–Crippen MR) is 241 cm³/mol. The summed E-state index contributed by atoms with van der Waals surface area (Å²) in [7, 11) is 0. The second kappa shape index (κ2) is 42.7. The fraction of sp³-hybridized carbons (Fsp3) is 0.733. The number of hydrogen-bond donors (Lipinski definition) is 5. The van der Waals surface area contributed by atoms with Gasteiger partial charge in [-0.3, -0.25) is 19.2 Å². The fourth-order valence-corrected chi connectivity index (χ4v) is 6.04. The molecule has 0 saturated heterocycles. The van der Waals surface area contributed by atoms with Crippen molar-refractivity contribution < 1.29 is 62.7 Å². The lowest BCUT2D eigenvalue weighted by Gasteiger charge is -2.14. The van der Waals surface area contributed by atoms with Gasteiger partial charge in [0.1, 0.15) is 25.0 Å². The third-order valence-electron chi connectivity index (χ3n) is 9.23. The Kier molecular flexibility index (Phi) is 40.1. The van der Waals surface area contributed by atoms with Crippen LogP contribution in [0.25, 0.3) is 0 Å². The van der Waals surface area contributed by atoms with E-state index >= 15 is 0 Å². The average molecular weight is 947 g/mol. The number of benzene rings is 1. The highest BCUT2D eigenvalue weighted by Gasteiger charge is 2.19. The lowest BCUT2D eigenvalue weighted by molar-refractivity contribution is -0.142. The number of nitrogens with one attached hydrogen (secondary N) is 3. The smallest absolute Gasteiger partial charge is 0.335 e. The third kappa shape index (κ3) is 38.1. The second-order valence-corrected chi connectivity index (χ2v) is 15.2. The molecule has 0 aliphatic rings. The average Bonchev–Trinajstić information content (AvgIpc) is 3.25. The molecule has 0 saturated carbocycles. The second-order valence-electron chi connectivity index (χ2n) is 14.6. The molecular weight excluding hydrogens is 870 g/mol. The van der Waals surface area contributed by atoms with Crippen molar-refractivity contribution in [3.8, 4) is 5.75 Å². The van der Waals surface area contributed by atoms with E-state index in [0.29, 0.717) is 71.7 Å². The number of carboxylic acid groups (broad SMARTS) is 2. The maximum absolute atomic E-state index is 11.9. The van der Waals surface area contributed by atoms with Crippen molar-refractivity contribution in [2.75, 3.05) is 77.9 Å². The first kappa shape index (κ1) is 58.4. The van der Waals surface area contributed by atoms with Crippen molar-refractivity contribution in [2.24, 2.45) is 0 Å². The van der Waals surface area contributed by atoms with E-state index in [1.807, 2.05) is 13.8 Å².